The number of allylic oxidation sites excluding steroid dienone is 2. The quantitative estimate of drug-likeness (QED) is 0.175. The zero-order valence-corrected chi connectivity index (χ0v) is 31.3. The molecule has 0 aliphatic heterocycles. The Kier molecular flexibility index (Phi) is 7.00. The second-order valence-electron chi connectivity index (χ2n) is 15.5. The van der Waals surface area contributed by atoms with Crippen molar-refractivity contribution in [3.8, 4) is 33.4 Å². The predicted molar refractivity (Wildman–Crippen MR) is 236 cm³/mol. The molecule has 0 saturated carbocycles. The van der Waals surface area contributed by atoms with Crippen molar-refractivity contribution in [1.82, 2.24) is 0 Å². The monoisotopic (exact) mass is 727 g/mol. The van der Waals surface area contributed by atoms with Crippen LogP contribution >= 0.6 is 0 Å². The fourth-order valence-electron chi connectivity index (χ4n) is 10.3. The van der Waals surface area contributed by atoms with Crippen LogP contribution in [0.5, 0.6) is 0 Å². The number of benzene rings is 8. The van der Waals surface area contributed by atoms with E-state index in [2.05, 4.69) is 211 Å². The van der Waals surface area contributed by atoms with Gasteiger partial charge in [-0.1, -0.05) is 182 Å². The summed E-state index contributed by atoms with van der Waals surface area (Å²) in [4.78, 5) is 2.57. The molecule has 268 valence electrons. The Morgan fingerprint density at radius 1 is 0.474 bits per heavy atom. The fraction of sp³-hybridized carbons (Fsp3) is 0.0545. The normalized spacial score (nSPS) is 17.5. The summed E-state index contributed by atoms with van der Waals surface area (Å²) in [6.07, 6.45) is 5.80. The summed E-state index contributed by atoms with van der Waals surface area (Å²) in [5.74, 6) is 0. The van der Waals surface area contributed by atoms with Crippen LogP contribution in [0.2, 0.25) is 0 Å². The molecule has 2 nitrogen and oxygen atoms in total. The highest BCUT2D eigenvalue weighted by atomic mass is 16.3. The van der Waals surface area contributed by atoms with Crippen molar-refractivity contribution in [2.75, 3.05) is 4.90 Å². The van der Waals surface area contributed by atoms with Gasteiger partial charge in [0.2, 0.25) is 0 Å². The maximum atomic E-state index is 6.77. The smallest absolute Gasteiger partial charge is 0.143 e. The van der Waals surface area contributed by atoms with Crippen LogP contribution in [-0.2, 0) is 5.41 Å². The number of fused-ring (bicyclic) bond motifs is 13. The lowest BCUT2D eigenvalue weighted by Gasteiger charge is -2.37. The number of hydrogen-bond donors (Lipinski definition) is 0. The molecule has 8 aromatic carbocycles. The van der Waals surface area contributed by atoms with Gasteiger partial charge in [0.1, 0.15) is 11.2 Å². The Bertz CT molecular complexity index is 3100. The summed E-state index contributed by atoms with van der Waals surface area (Å²) in [7, 11) is 0. The Morgan fingerprint density at radius 3 is 1.88 bits per heavy atom. The summed E-state index contributed by atoms with van der Waals surface area (Å²) < 4.78 is 6.77. The topological polar surface area (TPSA) is 16.4 Å². The maximum absolute atomic E-state index is 6.77. The average molecular weight is 728 g/mol. The van der Waals surface area contributed by atoms with Crippen LogP contribution in [0.3, 0.4) is 0 Å². The molecule has 0 bridgehead atoms. The van der Waals surface area contributed by atoms with Gasteiger partial charge in [-0.2, -0.15) is 0 Å². The van der Waals surface area contributed by atoms with E-state index in [-0.39, 0.29) is 6.04 Å². The summed E-state index contributed by atoms with van der Waals surface area (Å²) in [6, 6.07) is 70.9. The first kappa shape index (κ1) is 32.1. The third-order valence-electron chi connectivity index (χ3n) is 12.7. The molecule has 9 aromatic rings. The molecule has 1 aromatic heterocycles. The lowest BCUT2D eigenvalue weighted by atomic mass is 9.69. The van der Waals surface area contributed by atoms with Crippen molar-refractivity contribution in [2.24, 2.45) is 0 Å². The minimum absolute atomic E-state index is 0.0633. The molecule has 0 N–H and O–H groups in total. The maximum Gasteiger partial charge on any atom is 0.143 e. The molecule has 12 rings (SSSR count). The SMILES string of the molecule is C1=CC(N(c2ccc(-c3ccccc3)cc2)c2ccccc2-c2ccccc2)CC2=C1C1(c3ccccc32)c2ccccc2-c2c1ccc1c2oc2ccccc21. The Labute approximate surface area is 332 Å². The van der Waals surface area contributed by atoms with Crippen LogP contribution < -0.4 is 4.90 Å². The minimum Gasteiger partial charge on any atom is -0.455 e. The second-order valence-corrected chi connectivity index (χ2v) is 15.5. The molecule has 2 unspecified atom stereocenters. The number of hydrogen-bond acceptors (Lipinski definition) is 2. The third-order valence-corrected chi connectivity index (χ3v) is 12.7. The van der Waals surface area contributed by atoms with E-state index in [0.29, 0.717) is 0 Å². The molecule has 1 spiro atoms. The molecule has 1 heterocycles. The van der Waals surface area contributed by atoms with Gasteiger partial charge in [0.25, 0.3) is 0 Å². The van der Waals surface area contributed by atoms with E-state index in [1.807, 2.05) is 0 Å². The Balaban J connectivity index is 1.05. The fourth-order valence-corrected chi connectivity index (χ4v) is 10.3. The van der Waals surface area contributed by atoms with Crippen LogP contribution in [0.25, 0.3) is 60.9 Å². The lowest BCUT2D eigenvalue weighted by molar-refractivity contribution is 0.669. The molecular formula is C55H37NO. The third kappa shape index (κ3) is 4.59. The molecule has 0 radical (unpaired) electrons. The Hall–Kier alpha value is -7.16. The molecular weight excluding hydrogens is 691 g/mol. The summed E-state index contributed by atoms with van der Waals surface area (Å²) in [6.45, 7) is 0. The molecule has 0 fully saturated rings. The highest BCUT2D eigenvalue weighted by molar-refractivity contribution is 6.13. The van der Waals surface area contributed by atoms with Gasteiger partial charge in [-0.25, -0.2) is 0 Å². The first-order valence-electron chi connectivity index (χ1n) is 19.9. The van der Waals surface area contributed by atoms with Crippen LogP contribution in [0.15, 0.2) is 216 Å². The zero-order chi connectivity index (χ0) is 37.5. The van der Waals surface area contributed by atoms with Gasteiger partial charge >= 0.3 is 0 Å². The van der Waals surface area contributed by atoms with Crippen LogP contribution in [0.4, 0.5) is 11.4 Å². The van der Waals surface area contributed by atoms with Crippen molar-refractivity contribution in [2.45, 2.75) is 17.9 Å². The van der Waals surface area contributed by atoms with Gasteiger partial charge < -0.3 is 9.32 Å². The molecule has 0 amide bonds. The van der Waals surface area contributed by atoms with E-state index in [9.17, 15) is 0 Å². The molecule has 2 heteroatoms. The van der Waals surface area contributed by atoms with Crippen LogP contribution in [0.1, 0.15) is 28.7 Å². The number of anilines is 2. The van der Waals surface area contributed by atoms with Gasteiger partial charge in [-0.3, -0.25) is 0 Å². The van der Waals surface area contributed by atoms with Gasteiger partial charge in [0.15, 0.2) is 0 Å². The van der Waals surface area contributed by atoms with Crippen molar-refractivity contribution in [3.05, 3.63) is 234 Å². The molecule has 3 aliphatic carbocycles. The molecule has 57 heavy (non-hydrogen) atoms. The zero-order valence-electron chi connectivity index (χ0n) is 31.3. The van der Waals surface area contributed by atoms with Gasteiger partial charge in [-0.15, -0.1) is 0 Å². The molecule has 3 aliphatic rings. The predicted octanol–water partition coefficient (Wildman–Crippen LogP) is 14.2. The summed E-state index contributed by atoms with van der Waals surface area (Å²) in [5, 5.41) is 2.33. The first-order valence-corrected chi connectivity index (χ1v) is 19.9. The lowest BCUT2D eigenvalue weighted by Crippen LogP contribution is -2.33. The van der Waals surface area contributed by atoms with Gasteiger partial charge in [0.05, 0.1) is 11.5 Å². The number of nitrogens with zero attached hydrogens (tertiary/aromatic N) is 1. The van der Waals surface area contributed by atoms with Gasteiger partial charge in [0, 0.05) is 33.3 Å². The average Bonchev–Trinajstić information content (AvgIpc) is 3.91. The summed E-state index contributed by atoms with van der Waals surface area (Å²) in [5.41, 5.74) is 19.3. The van der Waals surface area contributed by atoms with Gasteiger partial charge in [-0.05, 0) is 86.3 Å². The molecule has 0 saturated heterocycles. The highest BCUT2D eigenvalue weighted by Gasteiger charge is 2.54. The number of para-hydroxylation sites is 2. The number of rotatable bonds is 5. The van der Waals surface area contributed by atoms with Crippen LogP contribution in [-0.4, -0.2) is 6.04 Å². The highest BCUT2D eigenvalue weighted by Crippen LogP contribution is 2.65. The number of furan rings is 1. The van der Waals surface area contributed by atoms with Crippen molar-refractivity contribution >= 4 is 38.9 Å². The Morgan fingerprint density at radius 2 is 1.09 bits per heavy atom. The van der Waals surface area contributed by atoms with E-state index >= 15 is 0 Å². The van der Waals surface area contributed by atoms with Crippen molar-refractivity contribution in [3.63, 3.8) is 0 Å². The molecule has 2 atom stereocenters. The van der Waals surface area contributed by atoms with E-state index in [1.54, 1.807) is 0 Å². The minimum atomic E-state index is -0.448. The van der Waals surface area contributed by atoms with E-state index in [1.165, 1.54) is 83.5 Å². The first-order chi connectivity index (χ1) is 28.3. The van der Waals surface area contributed by atoms with Crippen LogP contribution in [0, 0.1) is 0 Å². The van der Waals surface area contributed by atoms with E-state index < -0.39 is 5.41 Å². The second kappa shape index (κ2) is 12.4. The van der Waals surface area contributed by atoms with Crippen molar-refractivity contribution < 1.29 is 4.42 Å². The summed E-state index contributed by atoms with van der Waals surface area (Å²) >= 11 is 0. The van der Waals surface area contributed by atoms with E-state index in [0.717, 1.165) is 23.0 Å². The largest absolute Gasteiger partial charge is 0.455 e. The standard InChI is InChI=1S/C55H37NO/c1-3-15-36(16-4-1)37-27-29-39(30-28-37)56(51-25-13-9-19-41(51)38-17-5-2-6-18-38)40-31-33-49-46(35-40)42-20-7-11-23-47(42)55(49)48-24-12-8-22-45(48)53-50(55)34-32-44-43-21-10-14-26-52(43)57-54(44)53/h1-34,40H,35H2. The van der Waals surface area contributed by atoms with E-state index in [4.69, 9.17) is 4.42 Å². The van der Waals surface area contributed by atoms with Crippen molar-refractivity contribution in [1.29, 1.82) is 0 Å².